The van der Waals surface area contributed by atoms with Crippen molar-refractivity contribution in [3.63, 3.8) is 0 Å². The number of pyridine rings is 1. The number of nitrogens with one attached hydrogen (secondary N) is 1. The van der Waals surface area contributed by atoms with Crippen molar-refractivity contribution in [3.8, 4) is 0 Å². The van der Waals surface area contributed by atoms with Crippen LogP contribution in [0, 0.1) is 4.64 Å². The lowest BCUT2D eigenvalue weighted by Crippen LogP contribution is -2.09. The van der Waals surface area contributed by atoms with E-state index in [4.69, 9.17) is 5.73 Å². The third-order valence-electron chi connectivity index (χ3n) is 1.30. The van der Waals surface area contributed by atoms with Gasteiger partial charge in [-0.25, -0.2) is 0 Å². The number of alkyl halides is 3. The average Bonchev–Trinajstić information content (AvgIpc) is 1.92. The van der Waals surface area contributed by atoms with Crippen LogP contribution in [-0.2, 0) is 6.18 Å². The Bertz CT molecular complexity index is 341. The molecule has 66 valence electrons. The average molecular weight is 194 g/mol. The number of aromatic nitrogens is 1. The quantitative estimate of drug-likeness (QED) is 0.622. The van der Waals surface area contributed by atoms with Gasteiger partial charge in [0.2, 0.25) is 0 Å². The first-order chi connectivity index (χ1) is 5.43. The number of rotatable bonds is 0. The number of hydrogen-bond donors (Lipinski definition) is 2. The zero-order chi connectivity index (χ0) is 9.35. The van der Waals surface area contributed by atoms with Crippen molar-refractivity contribution < 1.29 is 13.2 Å². The van der Waals surface area contributed by atoms with Crippen LogP contribution in [0.5, 0.6) is 0 Å². The van der Waals surface area contributed by atoms with Crippen molar-refractivity contribution in [2.75, 3.05) is 5.73 Å². The maximum atomic E-state index is 12.1. The van der Waals surface area contributed by atoms with E-state index >= 15 is 0 Å². The van der Waals surface area contributed by atoms with E-state index in [-0.39, 0.29) is 4.64 Å². The zero-order valence-corrected chi connectivity index (χ0v) is 6.59. The summed E-state index contributed by atoms with van der Waals surface area (Å²) in [5, 5.41) is 0. The van der Waals surface area contributed by atoms with Gasteiger partial charge in [0.05, 0.1) is 11.3 Å². The molecule has 1 heterocycles. The molecule has 0 radical (unpaired) electrons. The van der Waals surface area contributed by atoms with Gasteiger partial charge in [0.25, 0.3) is 0 Å². The second-order valence-corrected chi connectivity index (χ2v) is 2.54. The Morgan fingerprint density at radius 3 is 2.42 bits per heavy atom. The first kappa shape index (κ1) is 9.05. The summed E-state index contributed by atoms with van der Waals surface area (Å²) in [5.41, 5.74) is 3.79. The molecule has 0 unspecified atom stereocenters. The van der Waals surface area contributed by atoms with Gasteiger partial charge < -0.3 is 10.7 Å². The highest BCUT2D eigenvalue weighted by atomic mass is 32.1. The monoisotopic (exact) mass is 194 g/mol. The first-order valence-electron chi connectivity index (χ1n) is 2.97. The topological polar surface area (TPSA) is 41.8 Å². The highest BCUT2D eigenvalue weighted by molar-refractivity contribution is 7.71. The number of hydrogen-bond acceptors (Lipinski definition) is 2. The van der Waals surface area contributed by atoms with E-state index in [9.17, 15) is 13.2 Å². The fourth-order valence-corrected chi connectivity index (χ4v) is 0.916. The van der Waals surface area contributed by atoms with Gasteiger partial charge in [-0.05, 0) is 6.07 Å². The van der Waals surface area contributed by atoms with E-state index in [1.165, 1.54) is 0 Å². The van der Waals surface area contributed by atoms with Gasteiger partial charge in [0.15, 0.2) is 0 Å². The van der Waals surface area contributed by atoms with E-state index in [2.05, 4.69) is 17.2 Å². The Kier molecular flexibility index (Phi) is 2.10. The van der Waals surface area contributed by atoms with E-state index in [1.807, 2.05) is 0 Å². The first-order valence-corrected chi connectivity index (χ1v) is 3.38. The fraction of sp³-hybridized carbons (Fsp3) is 0.167. The van der Waals surface area contributed by atoms with Gasteiger partial charge in [0.1, 0.15) is 4.64 Å². The summed E-state index contributed by atoms with van der Waals surface area (Å²) >= 11 is 4.53. The number of nitrogen functional groups attached to an aromatic ring is 1. The third-order valence-corrected chi connectivity index (χ3v) is 1.64. The van der Waals surface area contributed by atoms with E-state index in [0.717, 1.165) is 12.3 Å². The summed E-state index contributed by atoms with van der Waals surface area (Å²) in [7, 11) is 0. The predicted octanol–water partition coefficient (Wildman–Crippen LogP) is 2.35. The SMILES string of the molecule is Nc1c(C(F)(F)F)cc[nH]c1=S. The number of anilines is 1. The van der Waals surface area contributed by atoms with Gasteiger partial charge in [-0.3, -0.25) is 0 Å². The van der Waals surface area contributed by atoms with Crippen molar-refractivity contribution in [1.82, 2.24) is 4.98 Å². The Morgan fingerprint density at radius 2 is 2.00 bits per heavy atom. The Hall–Kier alpha value is -1.04. The molecule has 1 aromatic heterocycles. The third kappa shape index (κ3) is 1.58. The largest absolute Gasteiger partial charge is 0.418 e. The van der Waals surface area contributed by atoms with Crippen LogP contribution in [0.15, 0.2) is 12.3 Å². The zero-order valence-electron chi connectivity index (χ0n) is 5.77. The number of nitrogens with two attached hydrogens (primary N) is 1. The van der Waals surface area contributed by atoms with Crippen LogP contribution in [0.25, 0.3) is 0 Å². The van der Waals surface area contributed by atoms with E-state index in [0.29, 0.717) is 0 Å². The molecule has 2 nitrogen and oxygen atoms in total. The molecular weight excluding hydrogens is 189 g/mol. The molecule has 3 N–H and O–H groups in total. The molecule has 0 saturated heterocycles. The van der Waals surface area contributed by atoms with Gasteiger partial charge in [-0.2, -0.15) is 13.2 Å². The summed E-state index contributed by atoms with van der Waals surface area (Å²) in [6, 6.07) is 0.852. The molecule has 6 heteroatoms. The van der Waals surface area contributed by atoms with E-state index in [1.54, 1.807) is 0 Å². The summed E-state index contributed by atoms with van der Waals surface area (Å²) < 4.78 is 36.2. The number of H-pyrrole nitrogens is 1. The van der Waals surface area contributed by atoms with Gasteiger partial charge in [0, 0.05) is 6.20 Å². The summed E-state index contributed by atoms with van der Waals surface area (Å²) in [4.78, 5) is 2.40. The molecule has 12 heavy (non-hydrogen) atoms. The molecule has 1 aromatic rings. The van der Waals surface area contributed by atoms with Crippen LogP contribution in [0.1, 0.15) is 5.56 Å². The molecule has 0 atom stereocenters. The number of aromatic amines is 1. The predicted molar refractivity (Wildman–Crippen MR) is 41.0 cm³/mol. The van der Waals surface area contributed by atoms with Crippen LogP contribution in [0.4, 0.5) is 18.9 Å². The van der Waals surface area contributed by atoms with Gasteiger partial charge in [-0.1, -0.05) is 12.2 Å². The molecule has 1 rings (SSSR count). The summed E-state index contributed by atoms with van der Waals surface area (Å²) in [5.74, 6) is 0. The van der Waals surface area contributed by atoms with Crippen LogP contribution < -0.4 is 5.73 Å². The second kappa shape index (κ2) is 2.78. The Labute approximate surface area is 71.2 Å². The molecule has 0 aliphatic rings. The molecule has 0 bridgehead atoms. The van der Waals surface area contributed by atoms with Crippen LogP contribution in [0.3, 0.4) is 0 Å². The minimum absolute atomic E-state index is 0.0928. The molecule has 0 aliphatic carbocycles. The maximum absolute atomic E-state index is 12.1. The highest BCUT2D eigenvalue weighted by Gasteiger charge is 2.33. The van der Waals surface area contributed by atoms with E-state index < -0.39 is 17.4 Å². The lowest BCUT2D eigenvalue weighted by Gasteiger charge is -2.08. The minimum atomic E-state index is -4.44. The Morgan fingerprint density at radius 1 is 1.42 bits per heavy atom. The van der Waals surface area contributed by atoms with Gasteiger partial charge >= 0.3 is 6.18 Å². The van der Waals surface area contributed by atoms with Crippen LogP contribution in [-0.4, -0.2) is 4.98 Å². The lowest BCUT2D eigenvalue weighted by molar-refractivity contribution is -0.137. The van der Waals surface area contributed by atoms with Crippen LogP contribution >= 0.6 is 12.2 Å². The van der Waals surface area contributed by atoms with Crippen molar-refractivity contribution in [2.24, 2.45) is 0 Å². The smallest absolute Gasteiger partial charge is 0.396 e. The van der Waals surface area contributed by atoms with Crippen molar-refractivity contribution in [1.29, 1.82) is 0 Å². The molecule has 0 spiro atoms. The normalized spacial score (nSPS) is 11.6. The summed E-state index contributed by atoms with van der Waals surface area (Å²) in [6.07, 6.45) is -3.33. The maximum Gasteiger partial charge on any atom is 0.418 e. The molecule has 0 saturated carbocycles. The molecule has 0 amide bonds. The lowest BCUT2D eigenvalue weighted by atomic mass is 10.2. The molecule has 0 aliphatic heterocycles. The molecular formula is C6H5F3N2S. The Balaban J connectivity index is 3.36. The van der Waals surface area contributed by atoms with Crippen molar-refractivity contribution in [2.45, 2.75) is 6.18 Å². The standard InChI is InChI=1S/C6H5F3N2S/c7-6(8,9)3-1-2-11-5(12)4(3)10/h1-2H,10H2,(H,11,12). The molecule has 0 aromatic carbocycles. The number of halogens is 3. The van der Waals surface area contributed by atoms with Crippen LogP contribution in [0.2, 0.25) is 0 Å². The second-order valence-electron chi connectivity index (χ2n) is 2.13. The fourth-order valence-electron chi connectivity index (χ4n) is 0.738. The molecule has 0 fully saturated rings. The summed E-state index contributed by atoms with van der Waals surface area (Å²) in [6.45, 7) is 0. The minimum Gasteiger partial charge on any atom is -0.396 e. The van der Waals surface area contributed by atoms with Gasteiger partial charge in [-0.15, -0.1) is 0 Å². The van der Waals surface area contributed by atoms with Crippen molar-refractivity contribution >= 4 is 17.9 Å². The van der Waals surface area contributed by atoms with Crippen molar-refractivity contribution in [3.05, 3.63) is 22.5 Å². The highest BCUT2D eigenvalue weighted by Crippen LogP contribution is 2.32.